The van der Waals surface area contributed by atoms with Crippen LogP contribution < -0.4 is 0 Å². The molecule has 0 aliphatic heterocycles. The van der Waals surface area contributed by atoms with E-state index in [2.05, 4.69) is 57.2 Å². The number of halogens is 2. The molecule has 2 rings (SSSR count). The molecule has 0 radical (unpaired) electrons. The van der Waals surface area contributed by atoms with Gasteiger partial charge in [0.25, 0.3) is 0 Å². The fourth-order valence-corrected chi connectivity index (χ4v) is 1.70. The van der Waals surface area contributed by atoms with Gasteiger partial charge in [0, 0.05) is 0 Å². The van der Waals surface area contributed by atoms with Crippen LogP contribution in [0.4, 0.5) is 0 Å². The molecule has 0 aromatic carbocycles. The molecule has 0 bridgehead atoms. The molecule has 0 aromatic rings. The van der Waals surface area contributed by atoms with Gasteiger partial charge in [0.15, 0.2) is 0 Å². The molecule has 100 valence electrons. The standard InChI is InChI=1S/C12H13.C3H6.2ClH.Zr/c1-10(11-6-2-3-7-11)12-8-4-5-9-12;1-3-2;;;/h2-4,6,8,10H,5,7H2,1H3;1-2H3;2*1H;/q-1;;;;. The molecule has 1 atom stereocenters. The summed E-state index contributed by atoms with van der Waals surface area (Å²) in [6.45, 7) is 6.51. The normalized spacial score (nSPS) is 16.6. The summed E-state index contributed by atoms with van der Waals surface area (Å²) < 4.78 is 1.51. The van der Waals surface area contributed by atoms with E-state index >= 15 is 0 Å². The Morgan fingerprint density at radius 2 is 1.89 bits per heavy atom. The number of allylic oxidation sites excluding steroid dienone is 8. The van der Waals surface area contributed by atoms with Crippen LogP contribution in [0.2, 0.25) is 0 Å². The van der Waals surface area contributed by atoms with E-state index in [4.69, 9.17) is 0 Å². The molecule has 0 amide bonds. The first kappa shape index (κ1) is 20.6. The average molecular weight is 363 g/mol. The van der Waals surface area contributed by atoms with Gasteiger partial charge in [-0.05, 0) is 12.3 Å². The minimum atomic E-state index is 0. The van der Waals surface area contributed by atoms with Crippen molar-refractivity contribution in [1.29, 1.82) is 0 Å². The molecule has 0 heterocycles. The maximum Gasteiger partial charge on any atom is -0.147 e. The van der Waals surface area contributed by atoms with Gasteiger partial charge in [0.2, 0.25) is 0 Å². The fourth-order valence-electron chi connectivity index (χ4n) is 1.70. The summed E-state index contributed by atoms with van der Waals surface area (Å²) in [6.07, 6.45) is 16.5. The quantitative estimate of drug-likeness (QED) is 0.619. The van der Waals surface area contributed by atoms with Crippen molar-refractivity contribution in [3.05, 3.63) is 47.6 Å². The summed E-state index contributed by atoms with van der Waals surface area (Å²) >= 11 is 1.55. The van der Waals surface area contributed by atoms with Crippen molar-refractivity contribution in [2.24, 2.45) is 5.92 Å². The Labute approximate surface area is 138 Å². The van der Waals surface area contributed by atoms with E-state index in [1.807, 2.05) is 0 Å². The van der Waals surface area contributed by atoms with Gasteiger partial charge in [-0.3, -0.25) is 6.08 Å². The number of hydrogen-bond acceptors (Lipinski definition) is 0. The molecule has 0 saturated carbocycles. The van der Waals surface area contributed by atoms with E-state index in [9.17, 15) is 0 Å². The van der Waals surface area contributed by atoms with Gasteiger partial charge in [-0.2, -0.15) is 6.08 Å². The summed E-state index contributed by atoms with van der Waals surface area (Å²) in [5, 5.41) is 0. The van der Waals surface area contributed by atoms with Gasteiger partial charge >= 0.3 is 41.3 Å². The van der Waals surface area contributed by atoms with E-state index in [0.717, 1.165) is 12.8 Å². The Balaban J connectivity index is 0. The summed E-state index contributed by atoms with van der Waals surface area (Å²) in [7, 11) is 0. The van der Waals surface area contributed by atoms with E-state index in [1.54, 1.807) is 24.2 Å². The smallest absolute Gasteiger partial charge is 0.147 e. The second kappa shape index (κ2) is 11.1. The van der Waals surface area contributed by atoms with Crippen LogP contribution in [0.15, 0.2) is 41.5 Å². The van der Waals surface area contributed by atoms with Crippen LogP contribution in [0.3, 0.4) is 0 Å². The molecule has 0 N–H and O–H groups in total. The first-order valence-electron chi connectivity index (χ1n) is 5.76. The van der Waals surface area contributed by atoms with Crippen LogP contribution in [0.1, 0.15) is 33.6 Å². The van der Waals surface area contributed by atoms with Crippen molar-refractivity contribution in [1.82, 2.24) is 0 Å². The second-order valence-electron chi connectivity index (χ2n) is 4.33. The summed E-state index contributed by atoms with van der Waals surface area (Å²) in [5.41, 5.74) is 2.88. The van der Waals surface area contributed by atoms with Crippen LogP contribution >= 0.6 is 24.8 Å². The van der Waals surface area contributed by atoms with Crippen molar-refractivity contribution in [2.75, 3.05) is 0 Å². The zero-order valence-corrected chi connectivity index (χ0v) is 15.3. The first-order chi connectivity index (χ1) is 7.61. The predicted octanol–water partition coefficient (Wildman–Crippen LogP) is 4.79. The van der Waals surface area contributed by atoms with Crippen LogP contribution in [0.5, 0.6) is 0 Å². The molecule has 3 heteroatoms. The second-order valence-corrected chi connectivity index (χ2v) is 6.79. The molecule has 18 heavy (non-hydrogen) atoms. The molecular weight excluding hydrogens is 342 g/mol. The van der Waals surface area contributed by atoms with Gasteiger partial charge in [-0.15, -0.1) is 31.2 Å². The van der Waals surface area contributed by atoms with Crippen molar-refractivity contribution < 1.29 is 24.2 Å². The zero-order chi connectivity index (χ0) is 12.0. The van der Waals surface area contributed by atoms with Crippen LogP contribution in [0.25, 0.3) is 0 Å². The van der Waals surface area contributed by atoms with Gasteiger partial charge < -0.3 is 0 Å². The molecule has 0 nitrogen and oxygen atoms in total. The summed E-state index contributed by atoms with van der Waals surface area (Å²) in [6, 6.07) is 0. The van der Waals surface area contributed by atoms with Gasteiger partial charge in [-0.25, -0.2) is 11.6 Å². The summed E-state index contributed by atoms with van der Waals surface area (Å²) in [4.78, 5) is 0. The van der Waals surface area contributed by atoms with E-state index in [-0.39, 0.29) is 24.8 Å². The Morgan fingerprint density at radius 3 is 2.28 bits per heavy atom. The maximum atomic E-state index is 3.37. The molecule has 2 aliphatic carbocycles. The monoisotopic (exact) mass is 361 g/mol. The maximum absolute atomic E-state index is 3.37. The van der Waals surface area contributed by atoms with E-state index in [1.165, 1.54) is 14.4 Å². The van der Waals surface area contributed by atoms with E-state index in [0.29, 0.717) is 5.92 Å². The minimum absolute atomic E-state index is 0. The Morgan fingerprint density at radius 1 is 1.28 bits per heavy atom. The summed E-state index contributed by atoms with van der Waals surface area (Å²) in [5.74, 6) is 0.568. The number of rotatable bonds is 2. The molecule has 2 aliphatic rings. The Kier molecular flexibility index (Phi) is 12.8. The zero-order valence-electron chi connectivity index (χ0n) is 11.2. The van der Waals surface area contributed by atoms with Crippen molar-refractivity contribution in [3.8, 4) is 0 Å². The third-order valence-electron chi connectivity index (χ3n) is 2.54. The third kappa shape index (κ3) is 7.67. The van der Waals surface area contributed by atoms with Gasteiger partial charge in [0.05, 0.1) is 0 Å². The molecular formula is C15H21Cl2Zr-. The average Bonchev–Trinajstić information content (AvgIpc) is 2.90. The molecule has 0 fully saturated rings. The van der Waals surface area contributed by atoms with Crippen LogP contribution in [-0.4, -0.2) is 3.21 Å². The number of hydrogen-bond donors (Lipinski definition) is 0. The topological polar surface area (TPSA) is 0 Å². The van der Waals surface area contributed by atoms with Gasteiger partial charge in [0.1, 0.15) is 0 Å². The predicted molar refractivity (Wildman–Crippen MR) is 82.4 cm³/mol. The first-order valence-corrected chi connectivity index (χ1v) is 6.98. The van der Waals surface area contributed by atoms with E-state index < -0.39 is 0 Å². The van der Waals surface area contributed by atoms with Crippen LogP contribution in [0, 0.1) is 12.0 Å². The molecule has 0 spiro atoms. The molecule has 1 unspecified atom stereocenters. The Hall–Kier alpha value is 0.293. The van der Waals surface area contributed by atoms with Crippen molar-refractivity contribution in [3.63, 3.8) is 0 Å². The molecule has 0 aromatic heterocycles. The fraction of sp³-hybridized carbons (Fsp3) is 0.400. The van der Waals surface area contributed by atoms with Crippen molar-refractivity contribution in [2.45, 2.75) is 33.6 Å². The van der Waals surface area contributed by atoms with Gasteiger partial charge in [-0.1, -0.05) is 30.7 Å². The minimum Gasteiger partial charge on any atom is -0.147 e. The Bertz CT molecular complexity index is 372. The van der Waals surface area contributed by atoms with Crippen LogP contribution in [-0.2, 0) is 24.2 Å². The molecule has 0 saturated heterocycles. The third-order valence-corrected chi connectivity index (χ3v) is 2.54. The SMILES string of the molecule is CC(C1=[C-]CC=C1)C1=CC=CC1.C[C](C)=[Zr].Cl.Cl. The largest absolute Gasteiger partial charge is 0.147 e. The van der Waals surface area contributed by atoms with Crippen molar-refractivity contribution >= 4 is 28.0 Å².